The Morgan fingerprint density at radius 3 is 2.20 bits per heavy atom. The molecule has 2 atom stereocenters. The van der Waals surface area contributed by atoms with Crippen molar-refractivity contribution < 1.29 is 23.8 Å². The van der Waals surface area contributed by atoms with Crippen LogP contribution in [0.4, 0.5) is 5.69 Å². The van der Waals surface area contributed by atoms with Crippen LogP contribution in [0.3, 0.4) is 0 Å². The van der Waals surface area contributed by atoms with E-state index in [1.54, 1.807) is 51.3 Å². The van der Waals surface area contributed by atoms with E-state index in [2.05, 4.69) is 0 Å². The first-order chi connectivity index (χ1) is 14.4. The van der Waals surface area contributed by atoms with Gasteiger partial charge in [-0.05, 0) is 48.4 Å². The van der Waals surface area contributed by atoms with Crippen LogP contribution in [-0.2, 0) is 9.59 Å². The van der Waals surface area contributed by atoms with Gasteiger partial charge in [0.25, 0.3) is 0 Å². The number of ether oxygens (including phenoxy) is 3. The van der Waals surface area contributed by atoms with Gasteiger partial charge in [-0.25, -0.2) is 0 Å². The lowest BCUT2D eigenvalue weighted by Crippen LogP contribution is -2.48. The average Bonchev–Trinajstić information content (AvgIpc) is 2.77. The lowest BCUT2D eigenvalue weighted by molar-refractivity contribution is -0.136. The van der Waals surface area contributed by atoms with Gasteiger partial charge in [-0.3, -0.25) is 9.59 Å². The smallest absolute Gasteiger partial charge is 0.227 e. The Balaban J connectivity index is 2.14. The van der Waals surface area contributed by atoms with Gasteiger partial charge in [-0.15, -0.1) is 0 Å². The molecule has 1 heterocycles. The first kappa shape index (κ1) is 21.5. The topological polar surface area (TPSA) is 68.3 Å². The molecular formula is C23H28N2O5. The molecule has 2 aromatic rings. The minimum absolute atomic E-state index is 0.0132. The molecule has 0 radical (unpaired) electrons. The normalized spacial score (nSPS) is 18.7. The Morgan fingerprint density at radius 2 is 1.63 bits per heavy atom. The van der Waals surface area contributed by atoms with Crippen molar-refractivity contribution in [3.05, 3.63) is 48.0 Å². The minimum Gasteiger partial charge on any atom is -0.497 e. The Labute approximate surface area is 177 Å². The highest BCUT2D eigenvalue weighted by Gasteiger charge is 2.42. The van der Waals surface area contributed by atoms with Crippen molar-refractivity contribution in [2.24, 2.45) is 5.92 Å². The highest BCUT2D eigenvalue weighted by atomic mass is 16.5. The number of benzene rings is 2. The van der Waals surface area contributed by atoms with E-state index in [0.717, 1.165) is 11.3 Å². The molecule has 3 rings (SSSR count). The molecule has 1 fully saturated rings. The van der Waals surface area contributed by atoms with Crippen LogP contribution in [0.5, 0.6) is 17.2 Å². The Kier molecular flexibility index (Phi) is 6.50. The van der Waals surface area contributed by atoms with Gasteiger partial charge in [0.15, 0.2) is 11.5 Å². The maximum atomic E-state index is 13.1. The van der Waals surface area contributed by atoms with Crippen molar-refractivity contribution in [1.82, 2.24) is 4.90 Å². The second-order valence-corrected chi connectivity index (χ2v) is 7.40. The summed E-state index contributed by atoms with van der Waals surface area (Å²) in [5.41, 5.74) is 1.54. The lowest BCUT2D eigenvalue weighted by Gasteiger charge is -2.41. The number of methoxy groups -OCH3 is 3. The van der Waals surface area contributed by atoms with Gasteiger partial charge < -0.3 is 24.0 Å². The average molecular weight is 412 g/mol. The molecule has 7 heteroatoms. The van der Waals surface area contributed by atoms with E-state index in [1.165, 1.54) is 0 Å². The summed E-state index contributed by atoms with van der Waals surface area (Å²) in [7, 11) is 8.21. The number of nitrogens with zero attached hydrogens (tertiary/aromatic N) is 2. The molecule has 30 heavy (non-hydrogen) atoms. The highest BCUT2D eigenvalue weighted by Crippen LogP contribution is 2.43. The Hall–Kier alpha value is -3.22. The second-order valence-electron chi connectivity index (χ2n) is 7.40. The second kappa shape index (κ2) is 9.07. The molecule has 0 aromatic heterocycles. The van der Waals surface area contributed by atoms with Crippen LogP contribution in [0.2, 0.25) is 0 Å². The number of hydrogen-bond donors (Lipinski definition) is 0. The van der Waals surface area contributed by atoms with Crippen LogP contribution >= 0.6 is 0 Å². The molecule has 2 aromatic carbocycles. The minimum atomic E-state index is -0.464. The van der Waals surface area contributed by atoms with Crippen molar-refractivity contribution in [3.8, 4) is 17.2 Å². The summed E-state index contributed by atoms with van der Waals surface area (Å²) < 4.78 is 16.1. The van der Waals surface area contributed by atoms with Crippen LogP contribution < -0.4 is 19.1 Å². The van der Waals surface area contributed by atoms with E-state index >= 15 is 0 Å². The van der Waals surface area contributed by atoms with Crippen LogP contribution in [0, 0.1) is 5.92 Å². The fraction of sp³-hybridized carbons (Fsp3) is 0.391. The lowest BCUT2D eigenvalue weighted by atomic mass is 9.82. The van der Waals surface area contributed by atoms with Crippen molar-refractivity contribution in [2.45, 2.75) is 18.9 Å². The molecule has 160 valence electrons. The molecule has 1 aliphatic rings. The molecule has 0 aliphatic carbocycles. The summed E-state index contributed by atoms with van der Waals surface area (Å²) >= 11 is 0. The zero-order valence-corrected chi connectivity index (χ0v) is 18.0. The van der Waals surface area contributed by atoms with Gasteiger partial charge >= 0.3 is 0 Å². The van der Waals surface area contributed by atoms with Gasteiger partial charge in [-0.2, -0.15) is 0 Å². The number of piperidine rings is 1. The highest BCUT2D eigenvalue weighted by molar-refractivity contribution is 5.97. The Bertz CT molecular complexity index is 910. The van der Waals surface area contributed by atoms with E-state index in [0.29, 0.717) is 30.1 Å². The first-order valence-corrected chi connectivity index (χ1v) is 9.80. The first-order valence-electron chi connectivity index (χ1n) is 9.80. The Morgan fingerprint density at radius 1 is 0.967 bits per heavy atom. The maximum absolute atomic E-state index is 13.1. The van der Waals surface area contributed by atoms with E-state index in [4.69, 9.17) is 14.2 Å². The van der Waals surface area contributed by atoms with Crippen LogP contribution in [0.15, 0.2) is 42.5 Å². The van der Waals surface area contributed by atoms with Gasteiger partial charge in [0, 0.05) is 26.2 Å². The summed E-state index contributed by atoms with van der Waals surface area (Å²) in [6, 6.07) is 12.4. The number of rotatable bonds is 6. The summed E-state index contributed by atoms with van der Waals surface area (Å²) in [5, 5.41) is 0. The quantitative estimate of drug-likeness (QED) is 0.728. The van der Waals surface area contributed by atoms with Crippen LogP contribution in [0.25, 0.3) is 0 Å². The van der Waals surface area contributed by atoms with E-state index in [1.807, 2.05) is 36.4 Å². The molecule has 0 N–H and O–H groups in total. The molecule has 1 saturated heterocycles. The zero-order valence-electron chi connectivity index (χ0n) is 18.0. The third kappa shape index (κ3) is 4.06. The van der Waals surface area contributed by atoms with Crippen molar-refractivity contribution in [1.29, 1.82) is 0 Å². The third-order valence-corrected chi connectivity index (χ3v) is 5.45. The van der Waals surface area contributed by atoms with Gasteiger partial charge in [0.2, 0.25) is 11.8 Å². The molecular weight excluding hydrogens is 384 g/mol. The van der Waals surface area contributed by atoms with Crippen LogP contribution in [0.1, 0.15) is 24.4 Å². The fourth-order valence-electron chi connectivity index (χ4n) is 3.95. The van der Waals surface area contributed by atoms with E-state index in [9.17, 15) is 9.59 Å². The summed E-state index contributed by atoms with van der Waals surface area (Å²) in [5.74, 6) is 1.43. The molecule has 7 nitrogen and oxygen atoms in total. The summed E-state index contributed by atoms with van der Waals surface area (Å²) in [6.45, 7) is 0. The molecule has 1 aliphatic heterocycles. The fourth-order valence-corrected chi connectivity index (χ4v) is 3.95. The third-order valence-electron chi connectivity index (χ3n) is 5.45. The number of hydrogen-bond acceptors (Lipinski definition) is 5. The van der Waals surface area contributed by atoms with Crippen molar-refractivity contribution >= 4 is 17.5 Å². The number of anilines is 1. The zero-order chi connectivity index (χ0) is 21.8. The monoisotopic (exact) mass is 412 g/mol. The molecule has 0 saturated carbocycles. The van der Waals surface area contributed by atoms with E-state index < -0.39 is 6.04 Å². The SMILES string of the molecule is COc1ccc(N2C(=O)CCC(C(=O)N(C)C)C2c2ccc(OC)c(OC)c2)cc1. The maximum Gasteiger partial charge on any atom is 0.227 e. The van der Waals surface area contributed by atoms with E-state index in [-0.39, 0.29) is 17.7 Å². The molecule has 2 unspecified atom stereocenters. The molecule has 2 amide bonds. The molecule has 0 spiro atoms. The van der Waals surface area contributed by atoms with Gasteiger partial charge in [0.1, 0.15) is 5.75 Å². The predicted octanol–water partition coefficient (Wildman–Crippen LogP) is 3.28. The predicted molar refractivity (Wildman–Crippen MR) is 114 cm³/mol. The number of amides is 2. The number of carbonyl (C=O) groups excluding carboxylic acids is 2. The summed E-state index contributed by atoms with van der Waals surface area (Å²) in [4.78, 5) is 29.4. The molecule has 0 bridgehead atoms. The number of carbonyl (C=O) groups is 2. The standard InChI is InChI=1S/C23H28N2O5/c1-24(2)23(27)18-11-13-21(26)25(16-7-9-17(28-3)10-8-16)22(18)15-6-12-19(29-4)20(14-15)30-5/h6-10,12,14,18,22H,11,13H2,1-5H3. The van der Waals surface area contributed by atoms with Gasteiger partial charge in [-0.1, -0.05) is 6.07 Å². The van der Waals surface area contributed by atoms with Gasteiger partial charge in [0.05, 0.1) is 33.3 Å². The summed E-state index contributed by atoms with van der Waals surface area (Å²) in [6.07, 6.45) is 0.793. The van der Waals surface area contributed by atoms with Crippen molar-refractivity contribution in [3.63, 3.8) is 0 Å². The van der Waals surface area contributed by atoms with Crippen molar-refractivity contribution in [2.75, 3.05) is 40.3 Å². The largest absolute Gasteiger partial charge is 0.497 e. The van der Waals surface area contributed by atoms with Crippen LogP contribution in [-0.4, -0.2) is 52.1 Å².